The molecule has 0 heterocycles. The zero-order valence-electron chi connectivity index (χ0n) is 20.4. The average Bonchev–Trinajstić information content (AvgIpc) is 2.67. The molecular weight excluding hydrogens is 381 g/mol. The molecule has 0 spiro atoms. The van der Waals surface area contributed by atoms with Gasteiger partial charge in [0.1, 0.15) is 0 Å². The molecular formula is C25H36LiN3O2. The summed E-state index contributed by atoms with van der Waals surface area (Å²) in [5.41, 5.74) is 2.12. The van der Waals surface area contributed by atoms with Gasteiger partial charge < -0.3 is 19.6 Å². The van der Waals surface area contributed by atoms with E-state index in [1.807, 2.05) is 81.4 Å². The van der Waals surface area contributed by atoms with Crippen molar-refractivity contribution in [2.45, 2.75) is 26.4 Å². The number of rotatable bonds is 7. The maximum atomic E-state index is 11.8. The molecule has 2 aromatic carbocycles. The number of hydrogen-bond acceptors (Lipinski definition) is 5. The van der Waals surface area contributed by atoms with Crippen molar-refractivity contribution < 1.29 is 28.7 Å². The van der Waals surface area contributed by atoms with Crippen molar-refractivity contribution in [3.63, 3.8) is 0 Å². The first kappa shape index (κ1) is 29.0. The Bertz CT molecular complexity index is 734. The zero-order chi connectivity index (χ0) is 22.6. The van der Waals surface area contributed by atoms with Crippen molar-refractivity contribution in [1.82, 2.24) is 9.80 Å². The van der Waals surface area contributed by atoms with E-state index in [9.17, 15) is 5.11 Å². The zero-order valence-corrected chi connectivity index (χ0v) is 20.4. The topological polar surface area (TPSA) is 51.1 Å². The van der Waals surface area contributed by atoms with Gasteiger partial charge in [0, 0.05) is 36.0 Å². The summed E-state index contributed by atoms with van der Waals surface area (Å²) in [7, 11) is 8.35. The molecule has 0 N–H and O–H groups in total. The molecule has 0 atom stereocenters. The molecule has 0 aromatic heterocycles. The van der Waals surface area contributed by atoms with E-state index in [4.69, 9.17) is 4.74 Å². The van der Waals surface area contributed by atoms with Crippen molar-refractivity contribution in [2.24, 2.45) is 4.99 Å². The van der Waals surface area contributed by atoms with Crippen molar-refractivity contribution in [3.8, 4) is 0 Å². The normalized spacial score (nSPS) is 11.3. The third-order valence-electron chi connectivity index (χ3n) is 3.79. The molecule has 6 heteroatoms. The summed E-state index contributed by atoms with van der Waals surface area (Å²) in [6, 6.07) is 19.5. The summed E-state index contributed by atoms with van der Waals surface area (Å²) < 4.78 is 5.26. The minimum atomic E-state index is -0.525. The maximum Gasteiger partial charge on any atom is 1.00 e. The first-order valence-electron chi connectivity index (χ1n) is 10.1. The standard InChI is InChI=1S/C19H21NO2.C6H16N2.Li/c1-19(2,3)22-17(21)14-20-18(15-10-6-4-7-11-15)16-12-8-5-9-13-16;1-7(2)5-6-8(3)4;/h4-14,21H,1-3H3;5-6H2,1-4H3;/q;;+1/p-1/b17-14+;;. The van der Waals surface area contributed by atoms with Gasteiger partial charge in [0.25, 0.3) is 0 Å². The Morgan fingerprint density at radius 2 is 1.23 bits per heavy atom. The van der Waals surface area contributed by atoms with E-state index >= 15 is 0 Å². The van der Waals surface area contributed by atoms with Crippen LogP contribution in [0.1, 0.15) is 31.9 Å². The molecule has 0 fully saturated rings. The van der Waals surface area contributed by atoms with E-state index in [0.717, 1.165) is 29.9 Å². The molecule has 0 unspecified atom stereocenters. The number of ether oxygens (including phenoxy) is 1. The van der Waals surface area contributed by atoms with Gasteiger partial charge in [-0.25, -0.2) is 0 Å². The minimum absolute atomic E-state index is 0. The Kier molecular flexibility index (Phi) is 13.9. The molecule has 0 bridgehead atoms. The summed E-state index contributed by atoms with van der Waals surface area (Å²) in [5.74, 6) is -0.447. The van der Waals surface area contributed by atoms with Crippen LogP contribution in [0.4, 0.5) is 0 Å². The summed E-state index contributed by atoms with van der Waals surface area (Å²) in [6.45, 7) is 7.78. The molecule has 2 rings (SSSR count). The number of hydrogen-bond donors (Lipinski definition) is 0. The summed E-state index contributed by atoms with van der Waals surface area (Å²) in [6.07, 6.45) is 1.24. The Labute approximate surface area is 200 Å². The molecule has 0 saturated carbocycles. The van der Waals surface area contributed by atoms with Gasteiger partial charge in [-0.2, -0.15) is 0 Å². The number of likely N-dealkylation sites (N-methyl/N-ethyl adjacent to an activating group) is 2. The molecule has 0 saturated heterocycles. The first-order valence-corrected chi connectivity index (χ1v) is 10.1. The molecule has 2 aromatic rings. The van der Waals surface area contributed by atoms with Gasteiger partial charge in [-0.05, 0) is 28.2 Å². The van der Waals surface area contributed by atoms with Gasteiger partial charge >= 0.3 is 18.9 Å². The van der Waals surface area contributed by atoms with Crippen molar-refractivity contribution in [3.05, 3.63) is 83.9 Å². The van der Waals surface area contributed by atoms with Gasteiger partial charge in [0.15, 0.2) is 0 Å². The first-order chi connectivity index (χ1) is 14.1. The Morgan fingerprint density at radius 3 is 1.55 bits per heavy atom. The van der Waals surface area contributed by atoms with Crippen LogP contribution in [0, 0.1) is 0 Å². The average molecular weight is 418 g/mol. The van der Waals surface area contributed by atoms with Gasteiger partial charge in [-0.3, -0.25) is 4.99 Å². The van der Waals surface area contributed by atoms with E-state index in [2.05, 4.69) is 43.0 Å². The molecule has 0 amide bonds. The summed E-state index contributed by atoms with van der Waals surface area (Å²) in [4.78, 5) is 8.73. The van der Waals surface area contributed by atoms with Crippen LogP contribution in [0.15, 0.2) is 77.8 Å². The van der Waals surface area contributed by atoms with E-state index < -0.39 is 11.5 Å². The fourth-order valence-corrected chi connectivity index (χ4v) is 2.35. The molecule has 164 valence electrons. The molecule has 0 aliphatic rings. The van der Waals surface area contributed by atoms with Crippen molar-refractivity contribution in [1.29, 1.82) is 0 Å². The van der Waals surface area contributed by atoms with Crippen LogP contribution in [0.5, 0.6) is 0 Å². The summed E-state index contributed by atoms with van der Waals surface area (Å²) >= 11 is 0. The van der Waals surface area contributed by atoms with E-state index in [-0.39, 0.29) is 18.9 Å². The molecule has 0 radical (unpaired) electrons. The molecule has 0 aliphatic heterocycles. The van der Waals surface area contributed by atoms with Gasteiger partial charge in [0.2, 0.25) is 0 Å². The van der Waals surface area contributed by atoms with Crippen LogP contribution in [-0.4, -0.2) is 62.4 Å². The quantitative estimate of drug-likeness (QED) is 0.376. The van der Waals surface area contributed by atoms with Gasteiger partial charge in [-0.1, -0.05) is 81.4 Å². The van der Waals surface area contributed by atoms with E-state index in [1.54, 1.807) is 0 Å². The third kappa shape index (κ3) is 13.8. The smallest absolute Gasteiger partial charge is 0.606 e. The van der Waals surface area contributed by atoms with Crippen molar-refractivity contribution >= 4 is 5.71 Å². The van der Waals surface area contributed by atoms with Crippen LogP contribution < -0.4 is 24.0 Å². The molecule has 0 aliphatic carbocycles. The van der Waals surface area contributed by atoms with E-state index in [1.165, 1.54) is 6.20 Å². The second-order valence-electron chi connectivity index (χ2n) is 8.48. The fourth-order valence-electron chi connectivity index (χ4n) is 2.35. The van der Waals surface area contributed by atoms with E-state index in [0.29, 0.717) is 0 Å². The van der Waals surface area contributed by atoms with Crippen LogP contribution >= 0.6 is 0 Å². The SMILES string of the molecule is CC(C)(C)O/C([O-])=C/N=C(c1ccccc1)c1ccccc1.CN(C)CCN(C)C.[Li+]. The monoisotopic (exact) mass is 417 g/mol. The Morgan fingerprint density at radius 1 is 0.839 bits per heavy atom. The number of aliphatic imine (C=N–C) groups is 1. The number of nitrogens with zero attached hydrogens (tertiary/aromatic N) is 3. The van der Waals surface area contributed by atoms with Crippen molar-refractivity contribution in [2.75, 3.05) is 41.3 Å². The Balaban J connectivity index is 0.000000858. The van der Waals surface area contributed by atoms with Crippen LogP contribution in [0.2, 0.25) is 0 Å². The second-order valence-corrected chi connectivity index (χ2v) is 8.48. The fraction of sp³-hybridized carbons (Fsp3) is 0.400. The Hall–Kier alpha value is -2.03. The molecule has 31 heavy (non-hydrogen) atoms. The van der Waals surface area contributed by atoms with Crippen LogP contribution in [0.25, 0.3) is 0 Å². The third-order valence-corrected chi connectivity index (χ3v) is 3.79. The minimum Gasteiger partial charge on any atom is -0.606 e. The predicted octanol–water partition coefficient (Wildman–Crippen LogP) is 0.612. The summed E-state index contributed by atoms with van der Waals surface area (Å²) in [5, 5.41) is 11.8. The van der Waals surface area contributed by atoms with Crippen LogP contribution in [0.3, 0.4) is 0 Å². The van der Waals surface area contributed by atoms with Gasteiger partial charge in [-0.15, -0.1) is 0 Å². The predicted molar refractivity (Wildman–Crippen MR) is 125 cm³/mol. The maximum absolute atomic E-state index is 11.8. The largest absolute Gasteiger partial charge is 1.00 e. The van der Waals surface area contributed by atoms with Crippen LogP contribution in [-0.2, 0) is 4.74 Å². The second kappa shape index (κ2) is 14.9. The molecule has 5 nitrogen and oxygen atoms in total. The number of benzene rings is 2. The van der Waals surface area contributed by atoms with Gasteiger partial charge in [0.05, 0.1) is 11.7 Å².